The molecule has 162 valence electrons. The van der Waals surface area contributed by atoms with Crippen molar-refractivity contribution in [2.45, 2.75) is 18.6 Å². The molecule has 1 aliphatic carbocycles. The van der Waals surface area contributed by atoms with E-state index in [4.69, 9.17) is 4.74 Å². The molecular weight excluding hydrogens is 418 g/mol. The molecule has 0 bridgehead atoms. The van der Waals surface area contributed by atoms with Crippen LogP contribution in [0.4, 0.5) is 5.69 Å². The molecule has 6 nitrogen and oxygen atoms in total. The highest BCUT2D eigenvalue weighted by Gasteiger charge is 2.74. The van der Waals surface area contributed by atoms with Crippen molar-refractivity contribution in [1.29, 1.82) is 0 Å². The van der Waals surface area contributed by atoms with Crippen LogP contribution < -0.4 is 4.90 Å². The molecule has 2 saturated heterocycles. The van der Waals surface area contributed by atoms with Crippen LogP contribution in [-0.4, -0.2) is 29.0 Å². The zero-order valence-corrected chi connectivity index (χ0v) is 17.7. The van der Waals surface area contributed by atoms with Gasteiger partial charge in [-0.15, -0.1) is 0 Å². The number of ketones is 2. The van der Waals surface area contributed by atoms with Crippen molar-refractivity contribution in [3.8, 4) is 0 Å². The standard InChI is InChI=1S/C27H19NO5/c1-15-11-13-17(14-12-15)28-25(31)20-21(26(28)32)27(33-22(20)16-7-3-2-4-8-16)23(29)18-9-5-6-10-19(18)24(27)30/h2-14,20-22H,1H3/t20-,21+,22-/m1/s1. The van der Waals surface area contributed by atoms with Crippen LogP contribution in [0.2, 0.25) is 0 Å². The number of carbonyl (C=O) groups is 4. The lowest BCUT2D eigenvalue weighted by molar-refractivity contribution is -0.127. The maximum Gasteiger partial charge on any atom is 0.241 e. The number of carbonyl (C=O) groups excluding carboxylic acids is 4. The average molecular weight is 437 g/mol. The minimum atomic E-state index is -2.04. The second kappa shape index (κ2) is 6.80. The van der Waals surface area contributed by atoms with Crippen molar-refractivity contribution in [2.24, 2.45) is 11.8 Å². The molecule has 0 unspecified atom stereocenters. The third kappa shape index (κ3) is 2.47. The Hall–Kier alpha value is -3.90. The Bertz CT molecular complexity index is 1310. The van der Waals surface area contributed by atoms with Crippen LogP contribution in [-0.2, 0) is 14.3 Å². The minimum Gasteiger partial charge on any atom is -0.349 e. The van der Waals surface area contributed by atoms with E-state index in [-0.39, 0.29) is 11.1 Å². The molecule has 0 aromatic heterocycles. The first-order chi connectivity index (χ1) is 15.9. The topological polar surface area (TPSA) is 80.8 Å². The van der Waals surface area contributed by atoms with Gasteiger partial charge in [0, 0.05) is 11.1 Å². The fourth-order valence-electron chi connectivity index (χ4n) is 5.41. The number of rotatable bonds is 2. The Morgan fingerprint density at radius 1 is 0.727 bits per heavy atom. The summed E-state index contributed by atoms with van der Waals surface area (Å²) in [5.74, 6) is -4.36. The van der Waals surface area contributed by atoms with Gasteiger partial charge in [0.1, 0.15) is 0 Å². The van der Waals surface area contributed by atoms with Crippen LogP contribution in [0.25, 0.3) is 0 Å². The number of amides is 2. The molecule has 2 aliphatic heterocycles. The molecule has 6 heteroatoms. The number of benzene rings is 3. The summed E-state index contributed by atoms with van der Waals surface area (Å²) in [6.45, 7) is 1.91. The highest BCUT2D eigenvalue weighted by atomic mass is 16.5. The van der Waals surface area contributed by atoms with Gasteiger partial charge in [-0.25, -0.2) is 4.90 Å². The predicted octanol–water partition coefficient (Wildman–Crippen LogP) is 3.69. The smallest absolute Gasteiger partial charge is 0.241 e. The summed E-state index contributed by atoms with van der Waals surface area (Å²) in [4.78, 5) is 55.9. The van der Waals surface area contributed by atoms with E-state index in [1.165, 1.54) is 0 Å². The number of hydrogen-bond acceptors (Lipinski definition) is 5. The van der Waals surface area contributed by atoms with Gasteiger partial charge in [0.2, 0.25) is 29.0 Å². The van der Waals surface area contributed by atoms with Crippen LogP contribution in [0.5, 0.6) is 0 Å². The molecular formula is C27H19NO5. The number of fused-ring (bicyclic) bond motifs is 3. The maximum absolute atomic E-state index is 13.8. The highest BCUT2D eigenvalue weighted by Crippen LogP contribution is 2.57. The fourth-order valence-corrected chi connectivity index (χ4v) is 5.41. The van der Waals surface area contributed by atoms with Crippen LogP contribution in [0, 0.1) is 18.8 Å². The summed E-state index contributed by atoms with van der Waals surface area (Å²) in [6, 6.07) is 22.5. The van der Waals surface area contributed by atoms with Crippen LogP contribution in [0.3, 0.4) is 0 Å². The molecule has 2 amide bonds. The van der Waals surface area contributed by atoms with Crippen molar-refractivity contribution in [1.82, 2.24) is 0 Å². The van der Waals surface area contributed by atoms with E-state index < -0.39 is 46.9 Å². The summed E-state index contributed by atoms with van der Waals surface area (Å²) >= 11 is 0. The first-order valence-electron chi connectivity index (χ1n) is 10.8. The van der Waals surface area contributed by atoms with Gasteiger partial charge in [0.25, 0.3) is 0 Å². The van der Waals surface area contributed by atoms with Gasteiger partial charge in [0.05, 0.1) is 23.6 Å². The summed E-state index contributed by atoms with van der Waals surface area (Å²) in [7, 11) is 0. The fraction of sp³-hybridized carbons (Fsp3) is 0.185. The zero-order valence-electron chi connectivity index (χ0n) is 17.7. The van der Waals surface area contributed by atoms with Crippen molar-refractivity contribution >= 4 is 29.1 Å². The number of anilines is 1. The maximum atomic E-state index is 13.8. The minimum absolute atomic E-state index is 0.226. The monoisotopic (exact) mass is 437 g/mol. The first kappa shape index (κ1) is 19.8. The Kier molecular flexibility index (Phi) is 4.07. The van der Waals surface area contributed by atoms with Gasteiger partial charge in [-0.3, -0.25) is 19.2 Å². The van der Waals surface area contributed by atoms with Crippen molar-refractivity contribution in [3.63, 3.8) is 0 Å². The molecule has 3 aliphatic rings. The van der Waals surface area contributed by atoms with Crippen molar-refractivity contribution in [2.75, 3.05) is 4.90 Å². The van der Waals surface area contributed by atoms with Crippen molar-refractivity contribution < 1.29 is 23.9 Å². The van der Waals surface area contributed by atoms with Gasteiger partial charge in [-0.2, -0.15) is 0 Å². The van der Waals surface area contributed by atoms with Crippen LogP contribution in [0.1, 0.15) is 37.9 Å². The average Bonchev–Trinajstić information content (AvgIpc) is 3.41. The van der Waals surface area contributed by atoms with Gasteiger partial charge < -0.3 is 4.74 Å². The Balaban J connectivity index is 1.55. The SMILES string of the molecule is Cc1ccc(N2C(=O)[C@H]3[C@@H](c4ccccc4)OC4(C(=O)c5ccccc5C4=O)[C@@H]3C2=O)cc1. The lowest BCUT2D eigenvalue weighted by Gasteiger charge is -2.27. The van der Waals surface area contributed by atoms with E-state index in [2.05, 4.69) is 0 Å². The predicted molar refractivity (Wildman–Crippen MR) is 119 cm³/mol. The second-order valence-corrected chi connectivity index (χ2v) is 8.74. The third-order valence-electron chi connectivity index (χ3n) is 6.94. The number of Topliss-reactive ketones (excluding diaryl/α,β-unsaturated/α-hetero) is 2. The molecule has 1 spiro atoms. The van der Waals surface area contributed by atoms with Crippen molar-refractivity contribution in [3.05, 3.63) is 101 Å². The number of nitrogens with zero attached hydrogens (tertiary/aromatic N) is 1. The number of ether oxygens (including phenoxy) is 1. The number of aryl methyl sites for hydroxylation is 1. The van der Waals surface area contributed by atoms with E-state index in [0.717, 1.165) is 10.5 Å². The molecule has 3 atom stereocenters. The van der Waals surface area contributed by atoms with Gasteiger partial charge in [0.15, 0.2) is 0 Å². The van der Waals surface area contributed by atoms with E-state index in [1.807, 2.05) is 25.1 Å². The largest absolute Gasteiger partial charge is 0.349 e. The van der Waals surface area contributed by atoms with E-state index in [9.17, 15) is 19.2 Å². The Morgan fingerprint density at radius 3 is 1.91 bits per heavy atom. The van der Waals surface area contributed by atoms with E-state index >= 15 is 0 Å². The molecule has 0 radical (unpaired) electrons. The molecule has 2 fully saturated rings. The van der Waals surface area contributed by atoms with Crippen LogP contribution >= 0.6 is 0 Å². The molecule has 33 heavy (non-hydrogen) atoms. The Labute approximate surface area is 189 Å². The number of hydrogen-bond donors (Lipinski definition) is 0. The quantitative estimate of drug-likeness (QED) is 0.451. The van der Waals surface area contributed by atoms with Crippen LogP contribution in [0.15, 0.2) is 78.9 Å². The second-order valence-electron chi connectivity index (χ2n) is 8.74. The lowest BCUT2D eigenvalue weighted by atomic mass is 9.77. The summed E-state index contributed by atoms with van der Waals surface area (Å²) in [6.07, 6.45) is -0.898. The summed E-state index contributed by atoms with van der Waals surface area (Å²) < 4.78 is 6.25. The summed E-state index contributed by atoms with van der Waals surface area (Å²) in [5, 5.41) is 0. The van der Waals surface area contributed by atoms with Gasteiger partial charge in [-0.05, 0) is 24.6 Å². The normalized spacial score (nSPS) is 25.1. The molecule has 2 heterocycles. The third-order valence-corrected chi connectivity index (χ3v) is 6.94. The number of imide groups is 1. The molecule has 0 saturated carbocycles. The zero-order chi connectivity index (χ0) is 22.9. The van der Waals surface area contributed by atoms with E-state index in [0.29, 0.717) is 11.3 Å². The van der Waals surface area contributed by atoms with Gasteiger partial charge >= 0.3 is 0 Å². The molecule has 3 aromatic rings. The molecule has 3 aromatic carbocycles. The highest BCUT2D eigenvalue weighted by molar-refractivity contribution is 6.37. The summed E-state index contributed by atoms with van der Waals surface area (Å²) in [5.41, 5.74) is 0.459. The Morgan fingerprint density at radius 2 is 1.30 bits per heavy atom. The van der Waals surface area contributed by atoms with Gasteiger partial charge in [-0.1, -0.05) is 72.3 Å². The van der Waals surface area contributed by atoms with E-state index in [1.54, 1.807) is 60.7 Å². The molecule has 0 N–H and O–H groups in total. The first-order valence-corrected chi connectivity index (χ1v) is 10.8. The molecule has 6 rings (SSSR count). The lowest BCUT2D eigenvalue weighted by Crippen LogP contribution is -2.51.